The van der Waals surface area contributed by atoms with Crippen molar-refractivity contribution in [2.45, 2.75) is 63.8 Å². The van der Waals surface area contributed by atoms with Crippen LogP contribution in [0.15, 0.2) is 48.5 Å². The number of hydrogen-bond donors (Lipinski definition) is 5. The van der Waals surface area contributed by atoms with Gasteiger partial charge in [-0.25, -0.2) is 0 Å². The lowest BCUT2D eigenvalue weighted by atomic mass is 9.89. The van der Waals surface area contributed by atoms with E-state index < -0.39 is 53.4 Å². The molecule has 2 aromatic rings. The highest BCUT2D eigenvalue weighted by molar-refractivity contribution is 6.00. The molecule has 4 rings (SSSR count). The highest BCUT2D eigenvalue weighted by Gasteiger charge is 2.49. The Morgan fingerprint density at radius 3 is 2.10 bits per heavy atom. The van der Waals surface area contributed by atoms with Crippen LogP contribution in [0.2, 0.25) is 0 Å². The Balaban J connectivity index is 1.63. The van der Waals surface area contributed by atoms with E-state index in [0.717, 1.165) is 18.1 Å². The van der Waals surface area contributed by atoms with Crippen LogP contribution < -0.4 is 21.3 Å². The van der Waals surface area contributed by atoms with E-state index in [2.05, 4.69) is 21.3 Å². The maximum absolute atomic E-state index is 13.9. The molecule has 0 bridgehead atoms. The zero-order valence-electron chi connectivity index (χ0n) is 24.2. The molecule has 0 radical (unpaired) electrons. The van der Waals surface area contributed by atoms with Gasteiger partial charge in [-0.3, -0.25) is 24.0 Å². The fraction of sp³-hybridized carbons (Fsp3) is 0.452. The molecule has 1 aliphatic carbocycles. The fourth-order valence-electron chi connectivity index (χ4n) is 5.78. The zero-order chi connectivity index (χ0) is 30.6. The molecule has 11 nitrogen and oxygen atoms in total. The summed E-state index contributed by atoms with van der Waals surface area (Å²) in [5.41, 5.74) is 0.228. The third-order valence-corrected chi connectivity index (χ3v) is 7.77. The van der Waals surface area contributed by atoms with Crippen LogP contribution in [0, 0.1) is 11.8 Å². The molecule has 1 fully saturated rings. The molecule has 0 aromatic heterocycles. The molecule has 0 saturated carbocycles. The van der Waals surface area contributed by atoms with Crippen molar-refractivity contribution in [3.05, 3.63) is 59.7 Å². The van der Waals surface area contributed by atoms with Gasteiger partial charge in [0.1, 0.15) is 6.04 Å². The second-order valence-electron chi connectivity index (χ2n) is 11.2. The number of aliphatic hydroxyl groups is 1. The number of carbonyl (C=O) groups is 5. The van der Waals surface area contributed by atoms with Crippen molar-refractivity contribution < 1.29 is 33.8 Å². The summed E-state index contributed by atoms with van der Waals surface area (Å²) in [5, 5.41) is 22.6. The van der Waals surface area contributed by atoms with Crippen LogP contribution in [0.5, 0.6) is 0 Å². The van der Waals surface area contributed by atoms with Gasteiger partial charge < -0.3 is 31.1 Å². The summed E-state index contributed by atoms with van der Waals surface area (Å²) in [6.07, 6.45) is -0.663. The SMILES string of the molecule is CNC(=O)C(OC(C)=O)[C@H](C[C@@H]1CCNC1=O)NC(=O)[C@H](CC(C)C)NC(=O)C1(O)c2ccccc2-c2ccccc21. The van der Waals surface area contributed by atoms with E-state index in [1.807, 2.05) is 38.1 Å². The van der Waals surface area contributed by atoms with Crippen LogP contribution in [0.3, 0.4) is 0 Å². The minimum atomic E-state index is -2.04. The van der Waals surface area contributed by atoms with E-state index in [1.54, 1.807) is 24.3 Å². The second kappa shape index (κ2) is 12.7. The number of likely N-dealkylation sites (N-methyl/N-ethyl adjacent to an activating group) is 1. The summed E-state index contributed by atoms with van der Waals surface area (Å²) >= 11 is 0. The molecule has 224 valence electrons. The van der Waals surface area contributed by atoms with Crippen LogP contribution in [-0.2, 0) is 34.3 Å². The molecular formula is C31H38N4O7. The Labute approximate surface area is 244 Å². The molecule has 1 saturated heterocycles. The van der Waals surface area contributed by atoms with Crippen LogP contribution in [0.1, 0.15) is 51.2 Å². The van der Waals surface area contributed by atoms with E-state index in [0.29, 0.717) is 24.1 Å². The summed E-state index contributed by atoms with van der Waals surface area (Å²) in [5.74, 6) is -3.55. The third kappa shape index (κ3) is 6.15. The van der Waals surface area contributed by atoms with Gasteiger partial charge in [-0.15, -0.1) is 0 Å². The van der Waals surface area contributed by atoms with Crippen molar-refractivity contribution in [2.75, 3.05) is 13.6 Å². The molecule has 42 heavy (non-hydrogen) atoms. The Morgan fingerprint density at radius 2 is 1.60 bits per heavy atom. The van der Waals surface area contributed by atoms with Crippen molar-refractivity contribution in [2.24, 2.45) is 11.8 Å². The minimum absolute atomic E-state index is 0.0377. The molecule has 2 aliphatic rings. The van der Waals surface area contributed by atoms with Crippen molar-refractivity contribution in [1.82, 2.24) is 21.3 Å². The molecule has 11 heteroatoms. The standard InChI is InChI=1S/C31H38N4O7/c1-17(2)15-25(35-30(40)31(41)22-11-7-5-9-20(22)21-10-6-8-12-23(21)31)28(38)34-24(16-19-13-14-33-27(19)37)26(29(39)32-4)42-18(3)36/h5-12,17,19,24-26,41H,13-16H2,1-4H3,(H,32,39)(H,33,37)(H,34,38)(H,35,40)/t19-,24-,25-,26?/m0/s1. The summed E-state index contributed by atoms with van der Waals surface area (Å²) in [6.45, 7) is 5.37. The number of carbonyl (C=O) groups excluding carboxylic acids is 5. The monoisotopic (exact) mass is 578 g/mol. The Bertz CT molecular complexity index is 1330. The quantitative estimate of drug-likeness (QED) is 0.250. The lowest BCUT2D eigenvalue weighted by molar-refractivity contribution is -0.156. The average molecular weight is 579 g/mol. The number of amides is 4. The topological polar surface area (TPSA) is 163 Å². The molecule has 4 atom stereocenters. The molecule has 5 N–H and O–H groups in total. The predicted molar refractivity (Wildman–Crippen MR) is 154 cm³/mol. The summed E-state index contributed by atoms with van der Waals surface area (Å²) in [7, 11) is 1.37. The first kappa shape index (κ1) is 30.7. The van der Waals surface area contributed by atoms with Crippen LogP contribution in [-0.4, -0.2) is 66.5 Å². The van der Waals surface area contributed by atoms with Gasteiger partial charge in [-0.2, -0.15) is 0 Å². The molecule has 1 heterocycles. The van der Waals surface area contributed by atoms with E-state index in [-0.39, 0.29) is 24.7 Å². The smallest absolute Gasteiger partial charge is 0.303 e. The van der Waals surface area contributed by atoms with Crippen LogP contribution in [0.25, 0.3) is 11.1 Å². The van der Waals surface area contributed by atoms with Gasteiger partial charge in [0.2, 0.25) is 11.8 Å². The Kier molecular flexibility index (Phi) is 9.30. The first-order valence-corrected chi connectivity index (χ1v) is 14.2. The maximum Gasteiger partial charge on any atom is 0.303 e. The van der Waals surface area contributed by atoms with Crippen molar-refractivity contribution >= 4 is 29.6 Å². The lowest BCUT2D eigenvalue weighted by Crippen LogP contribution is -2.58. The number of fused-ring (bicyclic) bond motifs is 3. The average Bonchev–Trinajstić information content (AvgIpc) is 3.49. The fourth-order valence-corrected chi connectivity index (χ4v) is 5.78. The van der Waals surface area contributed by atoms with Crippen LogP contribution in [0.4, 0.5) is 0 Å². The van der Waals surface area contributed by atoms with Gasteiger partial charge in [-0.1, -0.05) is 62.4 Å². The number of hydrogen-bond acceptors (Lipinski definition) is 7. The number of ether oxygens (including phenoxy) is 1. The normalized spacial score (nSPS) is 18.6. The molecule has 1 unspecified atom stereocenters. The first-order valence-electron chi connectivity index (χ1n) is 14.2. The number of rotatable bonds is 11. The lowest BCUT2D eigenvalue weighted by Gasteiger charge is -2.31. The van der Waals surface area contributed by atoms with E-state index >= 15 is 0 Å². The van der Waals surface area contributed by atoms with Gasteiger partial charge in [0.05, 0.1) is 6.04 Å². The molecular weight excluding hydrogens is 540 g/mol. The minimum Gasteiger partial charge on any atom is -0.450 e. The van der Waals surface area contributed by atoms with Gasteiger partial charge in [0.15, 0.2) is 11.7 Å². The van der Waals surface area contributed by atoms with E-state index in [1.165, 1.54) is 7.05 Å². The zero-order valence-corrected chi connectivity index (χ0v) is 24.2. The molecule has 1 aliphatic heterocycles. The highest BCUT2D eigenvalue weighted by atomic mass is 16.5. The summed E-state index contributed by atoms with van der Waals surface area (Å²) < 4.78 is 5.30. The maximum atomic E-state index is 13.9. The number of nitrogens with one attached hydrogen (secondary N) is 4. The van der Waals surface area contributed by atoms with Gasteiger partial charge >= 0.3 is 5.97 Å². The molecule has 0 spiro atoms. The van der Waals surface area contributed by atoms with E-state index in [4.69, 9.17) is 4.74 Å². The largest absolute Gasteiger partial charge is 0.450 e. The van der Waals surface area contributed by atoms with Crippen LogP contribution >= 0.6 is 0 Å². The molecule has 2 aromatic carbocycles. The van der Waals surface area contributed by atoms with Crippen molar-refractivity contribution in [1.29, 1.82) is 0 Å². The first-order chi connectivity index (χ1) is 20.0. The molecule has 4 amide bonds. The van der Waals surface area contributed by atoms with Gasteiger partial charge in [0, 0.05) is 37.6 Å². The Morgan fingerprint density at radius 1 is 1.00 bits per heavy atom. The second-order valence-corrected chi connectivity index (χ2v) is 11.2. The summed E-state index contributed by atoms with van der Waals surface area (Å²) in [4.78, 5) is 64.7. The predicted octanol–water partition coefficient (Wildman–Crippen LogP) is 1.12. The highest BCUT2D eigenvalue weighted by Crippen LogP contribution is 2.47. The number of benzene rings is 2. The summed E-state index contributed by atoms with van der Waals surface area (Å²) in [6, 6.07) is 12.0. The third-order valence-electron chi connectivity index (χ3n) is 7.77. The Hall–Kier alpha value is -4.25. The van der Waals surface area contributed by atoms with E-state index in [9.17, 15) is 29.1 Å². The van der Waals surface area contributed by atoms with Crippen molar-refractivity contribution in [3.8, 4) is 11.1 Å². The number of esters is 1. The van der Waals surface area contributed by atoms with Gasteiger partial charge in [0.25, 0.3) is 11.8 Å². The van der Waals surface area contributed by atoms with Crippen molar-refractivity contribution in [3.63, 3.8) is 0 Å². The van der Waals surface area contributed by atoms with Gasteiger partial charge in [-0.05, 0) is 36.3 Å².